The first-order valence-electron chi connectivity index (χ1n) is 6.21. The SMILES string of the molecule is CC(C)C(O)CNC(=O)c1ccc(OC(F)(F)F)c(N)c1. The number of anilines is 1. The van der Waals surface area contributed by atoms with Gasteiger partial charge in [0, 0.05) is 12.1 Å². The number of aliphatic hydroxyl groups excluding tert-OH is 1. The van der Waals surface area contributed by atoms with Crippen LogP contribution in [0.1, 0.15) is 24.2 Å². The summed E-state index contributed by atoms with van der Waals surface area (Å²) in [6, 6.07) is 3.21. The van der Waals surface area contributed by atoms with Crippen LogP contribution >= 0.6 is 0 Å². The van der Waals surface area contributed by atoms with Crippen molar-refractivity contribution in [2.75, 3.05) is 12.3 Å². The molecular formula is C13H17F3N2O3. The maximum atomic E-state index is 12.1. The van der Waals surface area contributed by atoms with Gasteiger partial charge >= 0.3 is 6.36 Å². The predicted molar refractivity (Wildman–Crippen MR) is 70.7 cm³/mol. The molecule has 1 unspecified atom stereocenters. The molecule has 21 heavy (non-hydrogen) atoms. The van der Waals surface area contributed by atoms with Crippen molar-refractivity contribution in [2.24, 2.45) is 5.92 Å². The third-order valence-corrected chi connectivity index (χ3v) is 2.74. The lowest BCUT2D eigenvalue weighted by atomic mass is 10.1. The van der Waals surface area contributed by atoms with Crippen molar-refractivity contribution in [3.8, 4) is 5.75 Å². The van der Waals surface area contributed by atoms with Gasteiger partial charge < -0.3 is 20.9 Å². The summed E-state index contributed by atoms with van der Waals surface area (Å²) >= 11 is 0. The first-order valence-corrected chi connectivity index (χ1v) is 6.21. The lowest BCUT2D eigenvalue weighted by Gasteiger charge is -2.15. The van der Waals surface area contributed by atoms with Gasteiger partial charge in [-0.05, 0) is 24.1 Å². The maximum Gasteiger partial charge on any atom is 0.573 e. The third kappa shape index (κ3) is 5.50. The fourth-order valence-electron chi connectivity index (χ4n) is 1.44. The summed E-state index contributed by atoms with van der Waals surface area (Å²) in [5.74, 6) is -1.14. The van der Waals surface area contributed by atoms with E-state index in [0.29, 0.717) is 0 Å². The van der Waals surface area contributed by atoms with Crippen molar-refractivity contribution in [1.82, 2.24) is 5.32 Å². The molecule has 0 radical (unpaired) electrons. The van der Waals surface area contributed by atoms with Crippen molar-refractivity contribution in [3.63, 3.8) is 0 Å². The molecule has 0 aliphatic carbocycles. The molecule has 0 aliphatic rings. The Morgan fingerprint density at radius 1 is 1.43 bits per heavy atom. The molecule has 118 valence electrons. The third-order valence-electron chi connectivity index (χ3n) is 2.74. The van der Waals surface area contributed by atoms with Gasteiger partial charge in [-0.1, -0.05) is 13.8 Å². The Bertz CT molecular complexity index is 504. The monoisotopic (exact) mass is 306 g/mol. The van der Waals surface area contributed by atoms with Crippen molar-refractivity contribution < 1.29 is 27.8 Å². The molecule has 0 spiro atoms. The van der Waals surface area contributed by atoms with Gasteiger partial charge in [-0.15, -0.1) is 13.2 Å². The average Bonchev–Trinajstić information content (AvgIpc) is 2.36. The van der Waals surface area contributed by atoms with Crippen LogP contribution in [0.4, 0.5) is 18.9 Å². The number of carbonyl (C=O) groups is 1. The summed E-state index contributed by atoms with van der Waals surface area (Å²) in [5, 5.41) is 12.0. The van der Waals surface area contributed by atoms with Crippen LogP contribution in [0.25, 0.3) is 0 Å². The number of carbonyl (C=O) groups excluding carboxylic acids is 1. The van der Waals surface area contributed by atoms with Crippen molar-refractivity contribution in [3.05, 3.63) is 23.8 Å². The Morgan fingerprint density at radius 2 is 2.05 bits per heavy atom. The maximum absolute atomic E-state index is 12.1. The minimum Gasteiger partial charge on any atom is -0.404 e. The van der Waals surface area contributed by atoms with E-state index >= 15 is 0 Å². The molecule has 1 aromatic carbocycles. The molecule has 0 bridgehead atoms. The van der Waals surface area contributed by atoms with Crippen LogP contribution in [-0.2, 0) is 0 Å². The topological polar surface area (TPSA) is 84.6 Å². The fourth-order valence-corrected chi connectivity index (χ4v) is 1.44. The molecule has 0 heterocycles. The van der Waals surface area contributed by atoms with Gasteiger partial charge in [-0.2, -0.15) is 0 Å². The summed E-state index contributed by atoms with van der Waals surface area (Å²) in [6.45, 7) is 3.62. The van der Waals surface area contributed by atoms with Crippen LogP contribution in [0.3, 0.4) is 0 Å². The molecule has 0 aliphatic heterocycles. The molecule has 1 amide bonds. The lowest BCUT2D eigenvalue weighted by molar-refractivity contribution is -0.274. The number of nitrogens with two attached hydrogens (primary N) is 1. The normalized spacial score (nSPS) is 13.1. The highest BCUT2D eigenvalue weighted by Crippen LogP contribution is 2.28. The van der Waals surface area contributed by atoms with Crippen molar-refractivity contribution >= 4 is 11.6 Å². The number of amides is 1. The molecule has 4 N–H and O–H groups in total. The van der Waals surface area contributed by atoms with E-state index in [0.717, 1.165) is 18.2 Å². The Morgan fingerprint density at radius 3 is 2.52 bits per heavy atom. The summed E-state index contributed by atoms with van der Waals surface area (Å²) in [7, 11) is 0. The average molecular weight is 306 g/mol. The molecule has 0 aromatic heterocycles. The fraction of sp³-hybridized carbons (Fsp3) is 0.462. The largest absolute Gasteiger partial charge is 0.573 e. The quantitative estimate of drug-likeness (QED) is 0.726. The molecule has 0 saturated carbocycles. The molecule has 0 saturated heterocycles. The number of benzene rings is 1. The number of hydrogen-bond acceptors (Lipinski definition) is 4. The van der Waals surface area contributed by atoms with Crippen LogP contribution in [0, 0.1) is 5.92 Å². The summed E-state index contributed by atoms with van der Waals surface area (Å²) in [4.78, 5) is 11.8. The second-order valence-corrected chi connectivity index (χ2v) is 4.82. The predicted octanol–water partition coefficient (Wildman–Crippen LogP) is 1.91. The standard InChI is InChI=1S/C13H17F3N2O3/c1-7(2)10(19)6-18-12(20)8-3-4-11(9(17)5-8)21-13(14,15)16/h3-5,7,10,19H,6,17H2,1-2H3,(H,18,20). The number of ether oxygens (including phenoxy) is 1. The Kier molecular flexibility index (Phi) is 5.42. The van der Waals surface area contributed by atoms with Crippen LogP contribution in [0.5, 0.6) is 5.75 Å². The van der Waals surface area contributed by atoms with Crippen LogP contribution in [0.2, 0.25) is 0 Å². The Balaban J connectivity index is 2.72. The molecule has 5 nitrogen and oxygen atoms in total. The zero-order valence-electron chi connectivity index (χ0n) is 11.6. The Hall–Kier alpha value is -1.96. The molecular weight excluding hydrogens is 289 g/mol. The molecule has 8 heteroatoms. The number of alkyl halides is 3. The minimum atomic E-state index is -4.85. The minimum absolute atomic E-state index is 0.0297. The van der Waals surface area contributed by atoms with E-state index in [1.165, 1.54) is 0 Å². The van der Waals surface area contributed by atoms with Gasteiger partial charge in [0.25, 0.3) is 5.91 Å². The summed E-state index contributed by atoms with van der Waals surface area (Å²) in [5.41, 5.74) is 5.20. The second kappa shape index (κ2) is 6.66. The number of nitrogen functional groups attached to an aromatic ring is 1. The highest BCUT2D eigenvalue weighted by molar-refractivity contribution is 5.95. The first-order chi connectivity index (χ1) is 9.60. The molecule has 1 rings (SSSR count). The van der Waals surface area contributed by atoms with Gasteiger partial charge in [0.2, 0.25) is 0 Å². The van der Waals surface area contributed by atoms with Crippen LogP contribution < -0.4 is 15.8 Å². The molecule has 0 fully saturated rings. The summed E-state index contributed by atoms with van der Waals surface area (Å²) in [6.07, 6.45) is -5.56. The van der Waals surface area contributed by atoms with E-state index in [4.69, 9.17) is 5.73 Å². The van der Waals surface area contributed by atoms with Gasteiger partial charge in [0.15, 0.2) is 5.75 Å². The van der Waals surface area contributed by atoms with Crippen molar-refractivity contribution in [1.29, 1.82) is 0 Å². The number of aliphatic hydroxyl groups is 1. The van der Waals surface area contributed by atoms with E-state index in [9.17, 15) is 23.1 Å². The lowest BCUT2D eigenvalue weighted by Crippen LogP contribution is -2.34. The van der Waals surface area contributed by atoms with E-state index < -0.39 is 24.1 Å². The zero-order valence-corrected chi connectivity index (χ0v) is 11.6. The molecule has 1 atom stereocenters. The second-order valence-electron chi connectivity index (χ2n) is 4.82. The van der Waals surface area contributed by atoms with Gasteiger partial charge in [-0.25, -0.2) is 0 Å². The van der Waals surface area contributed by atoms with Crippen LogP contribution in [0.15, 0.2) is 18.2 Å². The number of nitrogens with one attached hydrogen (secondary N) is 1. The molecule has 1 aromatic rings. The van der Waals surface area contributed by atoms with Crippen LogP contribution in [-0.4, -0.2) is 30.0 Å². The van der Waals surface area contributed by atoms with E-state index in [1.54, 1.807) is 13.8 Å². The van der Waals surface area contributed by atoms with E-state index in [-0.39, 0.29) is 23.7 Å². The van der Waals surface area contributed by atoms with Crippen molar-refractivity contribution in [2.45, 2.75) is 26.3 Å². The van der Waals surface area contributed by atoms with Gasteiger partial charge in [-0.3, -0.25) is 4.79 Å². The first kappa shape index (κ1) is 17.1. The van der Waals surface area contributed by atoms with Gasteiger partial charge in [0.1, 0.15) is 0 Å². The zero-order chi connectivity index (χ0) is 16.2. The Labute approximate surface area is 119 Å². The van der Waals surface area contributed by atoms with Gasteiger partial charge in [0.05, 0.1) is 11.8 Å². The summed E-state index contributed by atoms with van der Waals surface area (Å²) < 4.78 is 39.9. The highest BCUT2D eigenvalue weighted by Gasteiger charge is 2.32. The number of hydrogen-bond donors (Lipinski definition) is 3. The van der Waals surface area contributed by atoms with E-state index in [2.05, 4.69) is 10.1 Å². The van der Waals surface area contributed by atoms with E-state index in [1.807, 2.05) is 0 Å². The highest BCUT2D eigenvalue weighted by atomic mass is 19.4. The number of halogens is 3. The smallest absolute Gasteiger partial charge is 0.404 e. The number of rotatable bonds is 5.